The molecule has 0 spiro atoms. The zero-order chi connectivity index (χ0) is 16.0. The lowest BCUT2D eigenvalue weighted by Gasteiger charge is -2.21. The van der Waals surface area contributed by atoms with Gasteiger partial charge in [0, 0.05) is 6.04 Å². The standard InChI is InChI=1S/C18H31NO2/c1-6-8-16(19)17(20)10-9-15-12(3)11-18(21-7-2)14(5)13(15)4/h11,16-17,20H,6-10,19H2,1-5H3. The average Bonchev–Trinajstić information content (AvgIpc) is 2.44. The SMILES string of the molecule is CCCC(N)C(O)CCc1c(C)cc(OCC)c(C)c1C. The maximum Gasteiger partial charge on any atom is 0.122 e. The molecule has 0 aliphatic carbocycles. The van der Waals surface area contributed by atoms with E-state index in [-0.39, 0.29) is 6.04 Å². The lowest BCUT2D eigenvalue weighted by molar-refractivity contribution is 0.131. The van der Waals surface area contributed by atoms with Crippen LogP contribution in [0.1, 0.15) is 55.4 Å². The molecule has 1 rings (SSSR count). The van der Waals surface area contributed by atoms with Crippen LogP contribution >= 0.6 is 0 Å². The molecule has 2 unspecified atom stereocenters. The Labute approximate surface area is 129 Å². The van der Waals surface area contributed by atoms with Gasteiger partial charge in [0.2, 0.25) is 0 Å². The number of benzene rings is 1. The van der Waals surface area contributed by atoms with E-state index in [1.54, 1.807) is 0 Å². The minimum Gasteiger partial charge on any atom is -0.494 e. The van der Waals surface area contributed by atoms with E-state index >= 15 is 0 Å². The molecule has 0 heterocycles. The molecule has 3 heteroatoms. The second-order valence-corrected chi connectivity index (χ2v) is 5.91. The Hall–Kier alpha value is -1.06. The third-order valence-corrected chi connectivity index (χ3v) is 4.31. The highest BCUT2D eigenvalue weighted by Crippen LogP contribution is 2.29. The van der Waals surface area contributed by atoms with E-state index in [9.17, 15) is 5.11 Å². The highest BCUT2D eigenvalue weighted by Gasteiger charge is 2.16. The van der Waals surface area contributed by atoms with Crippen molar-refractivity contribution < 1.29 is 9.84 Å². The highest BCUT2D eigenvalue weighted by molar-refractivity contribution is 5.48. The topological polar surface area (TPSA) is 55.5 Å². The smallest absolute Gasteiger partial charge is 0.122 e. The third kappa shape index (κ3) is 4.72. The van der Waals surface area contributed by atoms with Gasteiger partial charge in [0.1, 0.15) is 5.75 Å². The van der Waals surface area contributed by atoms with Crippen molar-refractivity contribution in [2.45, 2.75) is 72.4 Å². The largest absolute Gasteiger partial charge is 0.494 e. The average molecular weight is 293 g/mol. The van der Waals surface area contributed by atoms with Crippen LogP contribution in [0.25, 0.3) is 0 Å². The number of aliphatic hydroxyl groups excluding tert-OH is 1. The van der Waals surface area contributed by atoms with Crippen LogP contribution in [-0.2, 0) is 6.42 Å². The van der Waals surface area contributed by atoms with Gasteiger partial charge in [-0.1, -0.05) is 13.3 Å². The minimum atomic E-state index is -0.421. The summed E-state index contributed by atoms with van der Waals surface area (Å²) in [6.07, 6.45) is 3.05. The first kappa shape index (κ1) is 18.0. The van der Waals surface area contributed by atoms with Crippen LogP contribution in [0.15, 0.2) is 6.07 Å². The van der Waals surface area contributed by atoms with E-state index in [0.717, 1.165) is 31.4 Å². The zero-order valence-electron chi connectivity index (χ0n) is 14.2. The van der Waals surface area contributed by atoms with Crippen LogP contribution in [-0.4, -0.2) is 23.9 Å². The first-order valence-electron chi connectivity index (χ1n) is 8.08. The zero-order valence-corrected chi connectivity index (χ0v) is 14.2. The van der Waals surface area contributed by atoms with E-state index in [1.165, 1.54) is 22.3 Å². The van der Waals surface area contributed by atoms with Gasteiger partial charge in [-0.05, 0) is 75.3 Å². The molecule has 0 saturated heterocycles. The van der Waals surface area contributed by atoms with Gasteiger partial charge in [0.15, 0.2) is 0 Å². The molecule has 3 N–H and O–H groups in total. The summed E-state index contributed by atoms with van der Waals surface area (Å²) < 4.78 is 5.68. The molecule has 0 bridgehead atoms. The number of hydrogen-bond donors (Lipinski definition) is 2. The van der Waals surface area contributed by atoms with Crippen LogP contribution in [0.2, 0.25) is 0 Å². The van der Waals surface area contributed by atoms with Crippen LogP contribution in [0.4, 0.5) is 0 Å². The predicted molar refractivity (Wildman–Crippen MR) is 89.0 cm³/mol. The molecule has 21 heavy (non-hydrogen) atoms. The molecule has 0 aromatic heterocycles. The fourth-order valence-corrected chi connectivity index (χ4v) is 2.82. The Morgan fingerprint density at radius 3 is 2.38 bits per heavy atom. The summed E-state index contributed by atoms with van der Waals surface area (Å²) in [5.74, 6) is 0.972. The van der Waals surface area contributed by atoms with Gasteiger partial charge < -0.3 is 15.6 Å². The van der Waals surface area contributed by atoms with Crippen LogP contribution in [0.3, 0.4) is 0 Å². The van der Waals surface area contributed by atoms with Gasteiger partial charge in [-0.2, -0.15) is 0 Å². The Balaban J connectivity index is 2.82. The maximum atomic E-state index is 10.2. The summed E-state index contributed by atoms with van der Waals surface area (Å²) in [5.41, 5.74) is 11.0. The van der Waals surface area contributed by atoms with Crippen molar-refractivity contribution in [3.8, 4) is 5.75 Å². The van der Waals surface area contributed by atoms with Crippen molar-refractivity contribution in [1.82, 2.24) is 0 Å². The summed E-state index contributed by atoms with van der Waals surface area (Å²) in [6.45, 7) is 11.1. The molecule has 0 radical (unpaired) electrons. The molecule has 1 aromatic carbocycles. The van der Waals surface area contributed by atoms with Gasteiger partial charge in [-0.15, -0.1) is 0 Å². The summed E-state index contributed by atoms with van der Waals surface area (Å²) in [7, 11) is 0. The molecule has 0 aliphatic rings. The highest BCUT2D eigenvalue weighted by atomic mass is 16.5. The number of nitrogens with two attached hydrogens (primary N) is 1. The van der Waals surface area contributed by atoms with E-state index < -0.39 is 6.10 Å². The Kier molecular flexibility index (Phi) is 7.20. The number of aliphatic hydroxyl groups is 1. The molecular formula is C18H31NO2. The number of ether oxygens (including phenoxy) is 1. The van der Waals surface area contributed by atoms with E-state index in [0.29, 0.717) is 6.61 Å². The van der Waals surface area contributed by atoms with Crippen molar-refractivity contribution in [2.75, 3.05) is 6.61 Å². The number of rotatable bonds is 8. The lowest BCUT2D eigenvalue weighted by Crippen LogP contribution is -2.34. The minimum absolute atomic E-state index is 0.112. The normalized spacial score (nSPS) is 14.0. The summed E-state index contributed by atoms with van der Waals surface area (Å²) >= 11 is 0. The van der Waals surface area contributed by atoms with Crippen LogP contribution in [0, 0.1) is 20.8 Å². The maximum absolute atomic E-state index is 10.2. The predicted octanol–water partition coefficient (Wildman–Crippen LogP) is 3.43. The van der Waals surface area contributed by atoms with Gasteiger partial charge in [0.05, 0.1) is 12.7 Å². The summed E-state index contributed by atoms with van der Waals surface area (Å²) in [4.78, 5) is 0. The molecule has 120 valence electrons. The molecular weight excluding hydrogens is 262 g/mol. The number of aryl methyl sites for hydroxylation is 1. The van der Waals surface area contributed by atoms with Gasteiger partial charge in [-0.3, -0.25) is 0 Å². The van der Waals surface area contributed by atoms with E-state index in [1.807, 2.05) is 6.92 Å². The van der Waals surface area contributed by atoms with Crippen molar-refractivity contribution in [2.24, 2.45) is 5.73 Å². The lowest BCUT2D eigenvalue weighted by atomic mass is 9.91. The monoisotopic (exact) mass is 293 g/mol. The van der Waals surface area contributed by atoms with Crippen molar-refractivity contribution in [3.05, 3.63) is 28.3 Å². The van der Waals surface area contributed by atoms with Crippen molar-refractivity contribution in [3.63, 3.8) is 0 Å². The molecule has 2 atom stereocenters. The quantitative estimate of drug-likeness (QED) is 0.772. The molecule has 0 saturated carbocycles. The van der Waals surface area contributed by atoms with Crippen LogP contribution in [0.5, 0.6) is 5.75 Å². The first-order valence-corrected chi connectivity index (χ1v) is 8.08. The van der Waals surface area contributed by atoms with Crippen molar-refractivity contribution in [1.29, 1.82) is 0 Å². The molecule has 0 aliphatic heterocycles. The fourth-order valence-electron chi connectivity index (χ4n) is 2.82. The van der Waals surface area contributed by atoms with E-state index in [4.69, 9.17) is 10.5 Å². The second kappa shape index (κ2) is 8.40. The van der Waals surface area contributed by atoms with Gasteiger partial charge in [0.25, 0.3) is 0 Å². The Morgan fingerprint density at radius 2 is 1.81 bits per heavy atom. The second-order valence-electron chi connectivity index (χ2n) is 5.91. The first-order chi connectivity index (χ1) is 9.92. The number of hydrogen-bond acceptors (Lipinski definition) is 3. The molecule has 0 amide bonds. The Bertz CT molecular complexity index is 457. The molecule has 1 aromatic rings. The van der Waals surface area contributed by atoms with Gasteiger partial charge >= 0.3 is 0 Å². The summed E-state index contributed by atoms with van der Waals surface area (Å²) in [6, 6.07) is 2.00. The summed E-state index contributed by atoms with van der Waals surface area (Å²) in [5, 5.41) is 10.2. The molecule has 3 nitrogen and oxygen atoms in total. The van der Waals surface area contributed by atoms with Crippen molar-refractivity contribution >= 4 is 0 Å². The Morgan fingerprint density at radius 1 is 1.14 bits per heavy atom. The van der Waals surface area contributed by atoms with E-state index in [2.05, 4.69) is 33.8 Å². The van der Waals surface area contributed by atoms with Gasteiger partial charge in [-0.25, -0.2) is 0 Å². The molecule has 0 fully saturated rings. The fraction of sp³-hybridized carbons (Fsp3) is 0.667. The van der Waals surface area contributed by atoms with Crippen LogP contribution < -0.4 is 10.5 Å². The third-order valence-electron chi connectivity index (χ3n) is 4.31.